The second kappa shape index (κ2) is 14.7. The molecule has 9 nitrogen and oxygen atoms in total. The van der Waals surface area contributed by atoms with Crippen molar-refractivity contribution in [3.63, 3.8) is 0 Å². The van der Waals surface area contributed by atoms with Crippen molar-refractivity contribution in [1.29, 1.82) is 0 Å². The van der Waals surface area contributed by atoms with Crippen molar-refractivity contribution in [3.8, 4) is 0 Å². The van der Waals surface area contributed by atoms with Gasteiger partial charge in [-0.05, 0) is 49.8 Å². The summed E-state index contributed by atoms with van der Waals surface area (Å²) in [7, 11) is 1.29. The maximum atomic E-state index is 14.2. The molecule has 5 rings (SSSR count). The summed E-state index contributed by atoms with van der Waals surface area (Å²) in [6.45, 7) is 7.23. The van der Waals surface area contributed by atoms with Crippen LogP contribution in [-0.2, 0) is 24.6 Å². The van der Waals surface area contributed by atoms with E-state index in [1.807, 2.05) is 37.8 Å². The average molecular weight is 646 g/mol. The second-order valence-corrected chi connectivity index (χ2v) is 11.5. The molecule has 3 aromatic rings. The summed E-state index contributed by atoms with van der Waals surface area (Å²) in [4.78, 5) is 46.8. The van der Waals surface area contributed by atoms with E-state index < -0.39 is 22.8 Å². The molecule has 0 aliphatic carbocycles. The lowest BCUT2D eigenvalue weighted by molar-refractivity contribution is -0.384. The second-order valence-electron chi connectivity index (χ2n) is 11.5. The topological polar surface area (TPSA) is 102 Å². The number of esters is 1. The molecule has 2 aliphatic heterocycles. The van der Waals surface area contributed by atoms with Crippen LogP contribution in [0, 0.1) is 10.1 Å². The van der Waals surface area contributed by atoms with Crippen molar-refractivity contribution in [1.82, 2.24) is 9.96 Å². The summed E-state index contributed by atoms with van der Waals surface area (Å²) in [5.41, 5.74) is 4.32. The van der Waals surface area contributed by atoms with E-state index in [1.54, 1.807) is 17.2 Å². The fourth-order valence-corrected chi connectivity index (χ4v) is 6.84. The smallest absolute Gasteiger partial charge is 0.355 e. The van der Waals surface area contributed by atoms with Gasteiger partial charge in [-0.25, -0.2) is 9.59 Å². The quantitative estimate of drug-likeness (QED) is 0.138. The Labute approximate surface area is 276 Å². The average Bonchev–Trinajstić information content (AvgIpc) is 3.07. The molecular weight excluding hydrogens is 606 g/mol. The van der Waals surface area contributed by atoms with Crippen LogP contribution < -0.4 is 0 Å². The zero-order valence-electron chi connectivity index (χ0n) is 26.6. The van der Waals surface area contributed by atoms with Crippen molar-refractivity contribution >= 4 is 30.0 Å². The number of non-ortho nitro benzene ring substituents is 1. The Kier molecular flexibility index (Phi) is 11.0. The maximum absolute atomic E-state index is 14.2. The van der Waals surface area contributed by atoms with E-state index in [-0.39, 0.29) is 34.7 Å². The lowest BCUT2D eigenvalue weighted by Gasteiger charge is -2.42. The van der Waals surface area contributed by atoms with Gasteiger partial charge in [0.05, 0.1) is 29.1 Å². The van der Waals surface area contributed by atoms with Crippen LogP contribution in [0.15, 0.2) is 107 Å². The van der Waals surface area contributed by atoms with Gasteiger partial charge < -0.3 is 14.5 Å². The number of nitro benzene ring substituents is 1. The lowest BCUT2D eigenvalue weighted by Crippen LogP contribution is -2.45. The van der Waals surface area contributed by atoms with Crippen LogP contribution in [0.2, 0.25) is 0 Å². The highest BCUT2D eigenvalue weighted by molar-refractivity contribution is 5.99. The van der Waals surface area contributed by atoms with Gasteiger partial charge in [0.1, 0.15) is 0 Å². The number of allylic oxidation sites excluding steroid dienone is 2. The predicted octanol–water partition coefficient (Wildman–Crippen LogP) is 7.09. The Morgan fingerprint density at radius 2 is 1.41 bits per heavy atom. The normalized spacial score (nSPS) is 18.1. The number of hydrogen-bond acceptors (Lipinski definition) is 8. The number of methoxy groups -OCH3 is 1. The molecule has 1 atom stereocenters. The van der Waals surface area contributed by atoms with E-state index in [2.05, 4.69) is 48.5 Å². The summed E-state index contributed by atoms with van der Waals surface area (Å²) >= 11 is 0. The fourth-order valence-electron chi connectivity index (χ4n) is 6.84. The SMILES string of the molecule is CCCN1C(C)=C(C(=O)OC)C(c2cccc([N+](=O)[O-])c2)C(C(=O)ON2CCC(c3ccccc3)(c3ccccc3)CC2)=C1C.Cl. The molecule has 0 amide bonds. The van der Waals surface area contributed by atoms with E-state index in [9.17, 15) is 19.7 Å². The zero-order valence-corrected chi connectivity index (χ0v) is 27.4. The van der Waals surface area contributed by atoms with Crippen LogP contribution in [0.3, 0.4) is 0 Å². The lowest BCUT2D eigenvalue weighted by atomic mass is 9.68. The Bertz CT molecular complexity index is 1590. The molecule has 242 valence electrons. The molecule has 10 heteroatoms. The molecule has 0 radical (unpaired) electrons. The minimum absolute atomic E-state index is 0. The van der Waals surface area contributed by atoms with Gasteiger partial charge in [-0.1, -0.05) is 79.7 Å². The Balaban J connectivity index is 0.00000480. The Morgan fingerprint density at radius 1 is 0.870 bits per heavy atom. The first-order valence-corrected chi connectivity index (χ1v) is 15.3. The van der Waals surface area contributed by atoms with Crippen molar-refractivity contribution < 1.29 is 24.1 Å². The van der Waals surface area contributed by atoms with E-state index >= 15 is 0 Å². The summed E-state index contributed by atoms with van der Waals surface area (Å²) in [6.07, 6.45) is 2.23. The first-order chi connectivity index (χ1) is 21.7. The third-order valence-electron chi connectivity index (χ3n) is 9.09. The molecule has 1 fully saturated rings. The van der Waals surface area contributed by atoms with Crippen LogP contribution in [0.5, 0.6) is 0 Å². The molecule has 2 heterocycles. The van der Waals surface area contributed by atoms with E-state index in [4.69, 9.17) is 9.57 Å². The monoisotopic (exact) mass is 645 g/mol. The van der Waals surface area contributed by atoms with Gasteiger partial charge in [-0.15, -0.1) is 17.5 Å². The van der Waals surface area contributed by atoms with Crippen molar-refractivity contribution in [3.05, 3.63) is 134 Å². The van der Waals surface area contributed by atoms with Crippen LogP contribution in [0.25, 0.3) is 0 Å². The highest BCUT2D eigenvalue weighted by Gasteiger charge is 2.43. The molecule has 0 saturated carbocycles. The molecule has 0 N–H and O–H groups in total. The Morgan fingerprint density at radius 3 is 1.91 bits per heavy atom. The number of rotatable bonds is 9. The first kappa shape index (κ1) is 34.4. The van der Waals surface area contributed by atoms with Gasteiger partial charge >= 0.3 is 11.9 Å². The number of nitro groups is 1. The molecule has 2 aliphatic rings. The first-order valence-electron chi connectivity index (χ1n) is 15.3. The van der Waals surface area contributed by atoms with Gasteiger partial charge in [-0.3, -0.25) is 10.1 Å². The predicted molar refractivity (Wildman–Crippen MR) is 178 cm³/mol. The summed E-state index contributed by atoms with van der Waals surface area (Å²) < 4.78 is 5.19. The molecule has 3 aromatic carbocycles. The van der Waals surface area contributed by atoms with Gasteiger partial charge in [0.25, 0.3) is 5.69 Å². The van der Waals surface area contributed by atoms with Gasteiger partial charge in [-0.2, -0.15) is 0 Å². The standard InChI is InChI=1S/C36H39N3O6.ClH/c1-5-21-38-25(2)31(34(40)44-4)33(27-13-12-18-30(24-27)39(42)43)32(26(38)3)35(41)45-37-22-19-36(20-23-37,28-14-8-6-9-15-28)29-16-10-7-11-17-29;/h6-18,24,33H,5,19-23H2,1-4H3;1H. The summed E-state index contributed by atoms with van der Waals surface area (Å²) in [5.74, 6) is -2.10. The highest BCUT2D eigenvalue weighted by Crippen LogP contribution is 2.45. The maximum Gasteiger partial charge on any atom is 0.355 e. The van der Waals surface area contributed by atoms with Crippen molar-refractivity contribution in [2.75, 3.05) is 26.7 Å². The molecule has 0 aromatic heterocycles. The number of piperidine rings is 1. The summed E-state index contributed by atoms with van der Waals surface area (Å²) in [6, 6.07) is 26.9. The number of ether oxygens (including phenoxy) is 1. The fraction of sp³-hybridized carbons (Fsp3) is 0.333. The number of benzene rings is 3. The molecule has 0 bridgehead atoms. The number of carbonyl (C=O) groups excluding carboxylic acids is 2. The third kappa shape index (κ3) is 6.57. The zero-order chi connectivity index (χ0) is 32.1. The number of hydroxylamine groups is 2. The van der Waals surface area contributed by atoms with Gasteiger partial charge in [0.15, 0.2) is 0 Å². The third-order valence-corrected chi connectivity index (χ3v) is 9.09. The number of halogens is 1. The van der Waals surface area contributed by atoms with Crippen molar-refractivity contribution in [2.45, 2.75) is 51.4 Å². The largest absolute Gasteiger partial charge is 0.466 e. The molecule has 1 saturated heterocycles. The highest BCUT2D eigenvalue weighted by atomic mass is 35.5. The van der Waals surface area contributed by atoms with Crippen LogP contribution >= 0.6 is 12.4 Å². The summed E-state index contributed by atoms with van der Waals surface area (Å²) in [5, 5.41) is 13.4. The van der Waals surface area contributed by atoms with E-state index in [1.165, 1.54) is 30.4 Å². The molecule has 1 unspecified atom stereocenters. The number of hydrogen-bond donors (Lipinski definition) is 0. The number of nitrogens with zero attached hydrogens (tertiary/aromatic N) is 3. The van der Waals surface area contributed by atoms with Crippen molar-refractivity contribution in [2.24, 2.45) is 0 Å². The molecule has 0 spiro atoms. The number of carbonyl (C=O) groups is 2. The van der Waals surface area contributed by atoms with Crippen LogP contribution in [0.4, 0.5) is 5.69 Å². The van der Waals surface area contributed by atoms with Crippen LogP contribution in [-0.4, -0.2) is 53.6 Å². The Hall–Kier alpha value is -4.47. The molecule has 46 heavy (non-hydrogen) atoms. The molecular formula is C36H40ClN3O6. The van der Waals surface area contributed by atoms with Gasteiger partial charge in [0, 0.05) is 48.6 Å². The van der Waals surface area contributed by atoms with Gasteiger partial charge in [0.2, 0.25) is 0 Å². The minimum atomic E-state index is -0.907. The van der Waals surface area contributed by atoms with E-state index in [0.29, 0.717) is 36.6 Å². The van der Waals surface area contributed by atoms with Crippen LogP contribution in [0.1, 0.15) is 62.6 Å². The minimum Gasteiger partial charge on any atom is -0.466 e. The van der Waals surface area contributed by atoms with E-state index in [0.717, 1.165) is 19.3 Å².